The molecule has 0 spiro atoms. The third-order valence-corrected chi connectivity index (χ3v) is 5.08. The smallest absolute Gasteiger partial charge is 0.262 e. The molecule has 0 radical (unpaired) electrons. The summed E-state index contributed by atoms with van der Waals surface area (Å²) in [5.74, 6) is 0.483. The molecule has 1 N–H and O–H groups in total. The van der Waals surface area contributed by atoms with E-state index in [1.54, 1.807) is 12.1 Å². The van der Waals surface area contributed by atoms with Crippen molar-refractivity contribution >= 4 is 28.9 Å². The van der Waals surface area contributed by atoms with Crippen LogP contribution in [0.1, 0.15) is 11.1 Å². The first-order valence-electron chi connectivity index (χ1n) is 9.15. The van der Waals surface area contributed by atoms with Crippen LogP contribution >= 0.6 is 11.6 Å². The van der Waals surface area contributed by atoms with Gasteiger partial charge < -0.3 is 19.9 Å². The normalized spacial score (nSPS) is 14.9. The summed E-state index contributed by atoms with van der Waals surface area (Å²) in [4.78, 5) is 17.0. The topological polar surface area (TPSA) is 44.8 Å². The van der Waals surface area contributed by atoms with Crippen LogP contribution in [0.4, 0.5) is 11.4 Å². The number of carbonyl (C=O) groups is 1. The molecule has 1 heterocycles. The number of rotatable bonds is 5. The van der Waals surface area contributed by atoms with Crippen molar-refractivity contribution < 1.29 is 9.53 Å². The van der Waals surface area contributed by atoms with Gasteiger partial charge in [0.25, 0.3) is 5.91 Å². The van der Waals surface area contributed by atoms with Gasteiger partial charge in [0, 0.05) is 42.6 Å². The summed E-state index contributed by atoms with van der Waals surface area (Å²) in [6.07, 6.45) is 0. The number of ether oxygens (including phenoxy) is 1. The van der Waals surface area contributed by atoms with Gasteiger partial charge in [-0.15, -0.1) is 0 Å². The minimum absolute atomic E-state index is 0.0396. The first kappa shape index (κ1) is 19.5. The van der Waals surface area contributed by atoms with Crippen molar-refractivity contribution in [2.24, 2.45) is 0 Å². The van der Waals surface area contributed by atoms with Gasteiger partial charge in [-0.25, -0.2) is 0 Å². The number of nitrogens with one attached hydrogen (secondary N) is 1. The maximum Gasteiger partial charge on any atom is 0.262 e. The Balaban J connectivity index is 1.57. The zero-order chi connectivity index (χ0) is 19.4. The first-order valence-corrected chi connectivity index (χ1v) is 9.53. The first-order chi connectivity index (χ1) is 12.9. The summed E-state index contributed by atoms with van der Waals surface area (Å²) in [6.45, 7) is 8.06. The molecule has 0 unspecified atom stereocenters. The number of aryl methyl sites for hydroxylation is 2. The Labute approximate surface area is 165 Å². The molecule has 144 valence electrons. The average Bonchev–Trinajstić information content (AvgIpc) is 2.63. The van der Waals surface area contributed by atoms with Gasteiger partial charge >= 0.3 is 0 Å². The number of amides is 1. The van der Waals surface area contributed by atoms with Gasteiger partial charge in [-0.1, -0.05) is 11.6 Å². The number of hydrogen-bond acceptors (Lipinski definition) is 4. The van der Waals surface area contributed by atoms with Crippen LogP contribution in [0.5, 0.6) is 5.75 Å². The number of benzene rings is 2. The van der Waals surface area contributed by atoms with E-state index in [1.807, 2.05) is 26.0 Å². The second-order valence-corrected chi connectivity index (χ2v) is 7.47. The highest BCUT2D eigenvalue weighted by atomic mass is 35.5. The van der Waals surface area contributed by atoms with Gasteiger partial charge in [0.2, 0.25) is 0 Å². The van der Waals surface area contributed by atoms with Gasteiger partial charge in [0.15, 0.2) is 6.61 Å². The second-order valence-electron chi connectivity index (χ2n) is 7.04. The lowest BCUT2D eigenvalue weighted by Gasteiger charge is -2.34. The lowest BCUT2D eigenvalue weighted by Crippen LogP contribution is -2.44. The molecule has 27 heavy (non-hydrogen) atoms. The Bertz CT molecular complexity index is 817. The predicted octanol–water partition coefficient (Wildman–Crippen LogP) is 3.73. The number of halogens is 1. The molecule has 1 amide bonds. The number of nitrogens with zero attached hydrogens (tertiary/aromatic N) is 2. The molecule has 1 saturated heterocycles. The molecule has 0 saturated carbocycles. The summed E-state index contributed by atoms with van der Waals surface area (Å²) in [5, 5.41) is 3.58. The van der Waals surface area contributed by atoms with Crippen LogP contribution in [0, 0.1) is 13.8 Å². The number of anilines is 2. The highest BCUT2D eigenvalue weighted by Crippen LogP contribution is 2.24. The third-order valence-electron chi connectivity index (χ3n) is 4.85. The Morgan fingerprint density at radius 3 is 2.48 bits per heavy atom. The Hall–Kier alpha value is -2.24. The highest BCUT2D eigenvalue weighted by molar-refractivity contribution is 6.30. The highest BCUT2D eigenvalue weighted by Gasteiger charge is 2.15. The van der Waals surface area contributed by atoms with Gasteiger partial charge in [-0.3, -0.25) is 4.79 Å². The van der Waals surface area contributed by atoms with Gasteiger partial charge in [-0.2, -0.15) is 0 Å². The lowest BCUT2D eigenvalue weighted by molar-refractivity contribution is -0.118. The Morgan fingerprint density at radius 2 is 1.81 bits per heavy atom. The van der Waals surface area contributed by atoms with E-state index in [-0.39, 0.29) is 12.5 Å². The van der Waals surface area contributed by atoms with E-state index < -0.39 is 0 Å². The van der Waals surface area contributed by atoms with Crippen molar-refractivity contribution in [3.63, 3.8) is 0 Å². The number of hydrogen-bond donors (Lipinski definition) is 1. The quantitative estimate of drug-likeness (QED) is 0.849. The van der Waals surface area contributed by atoms with Crippen molar-refractivity contribution in [3.8, 4) is 5.75 Å². The molecule has 1 fully saturated rings. The van der Waals surface area contributed by atoms with Crippen LogP contribution in [-0.4, -0.2) is 50.6 Å². The van der Waals surface area contributed by atoms with Crippen molar-refractivity contribution in [3.05, 3.63) is 52.5 Å². The number of carbonyl (C=O) groups excluding carboxylic acids is 1. The van der Waals surface area contributed by atoms with Crippen LogP contribution < -0.4 is 15.0 Å². The molecule has 2 aromatic rings. The summed E-state index contributed by atoms with van der Waals surface area (Å²) < 4.78 is 5.61. The molecule has 2 aromatic carbocycles. The van der Waals surface area contributed by atoms with Crippen LogP contribution in [-0.2, 0) is 4.79 Å². The molecular formula is C21H26ClN3O2. The van der Waals surface area contributed by atoms with E-state index in [4.69, 9.17) is 16.3 Å². The Morgan fingerprint density at radius 1 is 1.07 bits per heavy atom. The molecule has 6 heteroatoms. The maximum atomic E-state index is 12.3. The van der Waals surface area contributed by atoms with Crippen molar-refractivity contribution in [2.75, 3.05) is 50.1 Å². The van der Waals surface area contributed by atoms with E-state index in [0.29, 0.717) is 10.8 Å². The SMILES string of the molecule is Cc1cc(N2CCN(C)CC2)ccc1NC(=O)COc1ccc(Cl)cc1C. The fourth-order valence-corrected chi connectivity index (χ4v) is 3.38. The van der Waals surface area contributed by atoms with Gasteiger partial charge in [-0.05, 0) is 68.4 Å². The molecule has 0 atom stereocenters. The molecule has 1 aliphatic rings. The fraction of sp³-hybridized carbons (Fsp3) is 0.381. The van der Waals surface area contributed by atoms with E-state index >= 15 is 0 Å². The van der Waals surface area contributed by atoms with Crippen molar-refractivity contribution in [1.29, 1.82) is 0 Å². The summed E-state index contributed by atoms with van der Waals surface area (Å²) >= 11 is 5.94. The monoisotopic (exact) mass is 387 g/mol. The second kappa shape index (κ2) is 8.63. The zero-order valence-corrected chi connectivity index (χ0v) is 16.8. The van der Waals surface area contributed by atoms with Crippen LogP contribution in [0.3, 0.4) is 0 Å². The molecular weight excluding hydrogens is 362 g/mol. The minimum Gasteiger partial charge on any atom is -0.483 e. The molecule has 1 aliphatic heterocycles. The summed E-state index contributed by atoms with van der Waals surface area (Å²) in [7, 11) is 2.15. The average molecular weight is 388 g/mol. The summed E-state index contributed by atoms with van der Waals surface area (Å²) in [6, 6.07) is 11.5. The van der Waals surface area contributed by atoms with E-state index in [9.17, 15) is 4.79 Å². The fourth-order valence-electron chi connectivity index (χ4n) is 3.15. The number of piperazine rings is 1. The van der Waals surface area contributed by atoms with Gasteiger partial charge in [0.05, 0.1) is 0 Å². The van der Waals surface area contributed by atoms with Crippen molar-refractivity contribution in [2.45, 2.75) is 13.8 Å². The molecule has 0 bridgehead atoms. The largest absolute Gasteiger partial charge is 0.483 e. The predicted molar refractivity (Wildman–Crippen MR) is 111 cm³/mol. The molecule has 5 nitrogen and oxygen atoms in total. The van der Waals surface area contributed by atoms with E-state index in [0.717, 1.165) is 43.0 Å². The lowest BCUT2D eigenvalue weighted by atomic mass is 10.1. The Kier molecular flexibility index (Phi) is 6.24. The van der Waals surface area contributed by atoms with Crippen LogP contribution in [0.25, 0.3) is 0 Å². The summed E-state index contributed by atoms with van der Waals surface area (Å²) in [5.41, 5.74) is 3.96. The number of likely N-dealkylation sites (N-methyl/N-ethyl adjacent to an activating group) is 1. The standard InChI is InChI=1S/C21H26ClN3O2/c1-15-13-18(25-10-8-24(3)9-11-25)5-6-19(15)23-21(26)14-27-20-7-4-17(22)12-16(20)2/h4-7,12-13H,8-11,14H2,1-3H3,(H,23,26). The minimum atomic E-state index is -0.181. The molecule has 0 aromatic heterocycles. The van der Waals surface area contributed by atoms with Crippen molar-refractivity contribution in [1.82, 2.24) is 4.90 Å². The third kappa shape index (κ3) is 5.15. The zero-order valence-electron chi connectivity index (χ0n) is 16.1. The van der Waals surface area contributed by atoms with E-state index in [2.05, 4.69) is 34.3 Å². The molecule has 0 aliphatic carbocycles. The maximum absolute atomic E-state index is 12.3. The van der Waals surface area contributed by atoms with Gasteiger partial charge in [0.1, 0.15) is 5.75 Å². The molecule has 3 rings (SSSR count). The van der Waals surface area contributed by atoms with Crippen LogP contribution in [0.15, 0.2) is 36.4 Å². The van der Waals surface area contributed by atoms with E-state index in [1.165, 1.54) is 5.69 Å². The van der Waals surface area contributed by atoms with Crippen LogP contribution in [0.2, 0.25) is 5.02 Å².